The van der Waals surface area contributed by atoms with E-state index in [0.29, 0.717) is 0 Å². The maximum atomic E-state index is 6.51. The van der Waals surface area contributed by atoms with Gasteiger partial charge in [-0.2, -0.15) is 0 Å². The molecule has 6 rings (SSSR count). The zero-order valence-electron chi connectivity index (χ0n) is 20.4. The number of hydrogen-bond acceptors (Lipinski definition) is 3. The van der Waals surface area contributed by atoms with Crippen LogP contribution in [-0.2, 0) is 6.54 Å². The third-order valence-electron chi connectivity index (χ3n) is 7.15. The van der Waals surface area contributed by atoms with E-state index >= 15 is 0 Å². The molecule has 0 spiro atoms. The SMILES string of the molecule is Cc1ccc(-n2cc(-c3ccccc3)c3c(N4CC[NH+](Cc5ccccc5)CC4)ncnc32)cc1Cl. The number of piperazine rings is 1. The van der Waals surface area contributed by atoms with Gasteiger partial charge in [0, 0.05) is 28.0 Å². The molecule has 2 aromatic heterocycles. The van der Waals surface area contributed by atoms with Gasteiger partial charge in [-0.25, -0.2) is 9.97 Å². The van der Waals surface area contributed by atoms with Crippen molar-refractivity contribution < 1.29 is 4.90 Å². The summed E-state index contributed by atoms with van der Waals surface area (Å²) in [7, 11) is 0. The van der Waals surface area contributed by atoms with Crippen molar-refractivity contribution in [2.75, 3.05) is 31.1 Å². The first-order valence-electron chi connectivity index (χ1n) is 12.5. The van der Waals surface area contributed by atoms with Crippen LogP contribution >= 0.6 is 11.6 Å². The fraction of sp³-hybridized carbons (Fsp3) is 0.200. The number of quaternary nitrogens is 1. The van der Waals surface area contributed by atoms with Crippen molar-refractivity contribution in [2.45, 2.75) is 13.5 Å². The monoisotopic (exact) mass is 494 g/mol. The Morgan fingerprint density at radius 2 is 1.61 bits per heavy atom. The Hall–Kier alpha value is -3.67. The van der Waals surface area contributed by atoms with Gasteiger partial charge in [-0.1, -0.05) is 78.3 Å². The molecule has 1 aliphatic heterocycles. The first kappa shape index (κ1) is 22.8. The zero-order valence-corrected chi connectivity index (χ0v) is 21.1. The van der Waals surface area contributed by atoms with Gasteiger partial charge in [-0.05, 0) is 30.2 Å². The summed E-state index contributed by atoms with van der Waals surface area (Å²) in [6, 6.07) is 27.5. The summed E-state index contributed by atoms with van der Waals surface area (Å²) < 4.78 is 2.14. The van der Waals surface area contributed by atoms with E-state index in [1.807, 2.05) is 13.0 Å². The van der Waals surface area contributed by atoms with Crippen molar-refractivity contribution in [1.29, 1.82) is 0 Å². The summed E-state index contributed by atoms with van der Waals surface area (Å²) in [5.74, 6) is 1.01. The molecule has 1 N–H and O–H groups in total. The number of rotatable bonds is 5. The van der Waals surface area contributed by atoms with Gasteiger partial charge < -0.3 is 14.4 Å². The molecule has 0 radical (unpaired) electrons. The summed E-state index contributed by atoms with van der Waals surface area (Å²) in [6.45, 7) is 7.17. The van der Waals surface area contributed by atoms with Crippen LogP contribution in [0.15, 0.2) is 91.4 Å². The molecule has 0 atom stereocenters. The van der Waals surface area contributed by atoms with Gasteiger partial charge >= 0.3 is 0 Å². The average Bonchev–Trinajstić information content (AvgIpc) is 3.32. The maximum Gasteiger partial charge on any atom is 0.150 e. The first-order chi connectivity index (χ1) is 17.7. The molecule has 0 unspecified atom stereocenters. The molecule has 6 heteroatoms. The van der Waals surface area contributed by atoms with Crippen molar-refractivity contribution in [3.63, 3.8) is 0 Å². The number of halogens is 1. The summed E-state index contributed by atoms with van der Waals surface area (Å²) in [5, 5.41) is 1.84. The smallest absolute Gasteiger partial charge is 0.150 e. The molecule has 5 nitrogen and oxygen atoms in total. The summed E-state index contributed by atoms with van der Waals surface area (Å²) in [5.41, 5.74) is 6.65. The van der Waals surface area contributed by atoms with E-state index in [0.717, 1.165) is 77.0 Å². The van der Waals surface area contributed by atoms with Crippen LogP contribution < -0.4 is 9.80 Å². The highest BCUT2D eigenvalue weighted by atomic mass is 35.5. The van der Waals surface area contributed by atoms with Gasteiger partial charge in [0.25, 0.3) is 0 Å². The van der Waals surface area contributed by atoms with Crippen molar-refractivity contribution in [3.8, 4) is 16.8 Å². The van der Waals surface area contributed by atoms with Gasteiger partial charge in [0.1, 0.15) is 18.7 Å². The zero-order chi connectivity index (χ0) is 24.5. The molecule has 0 amide bonds. The Bertz CT molecular complexity index is 1490. The lowest BCUT2D eigenvalue weighted by Crippen LogP contribution is -3.13. The average molecular weight is 495 g/mol. The number of hydrogen-bond donors (Lipinski definition) is 1. The van der Waals surface area contributed by atoms with Crippen LogP contribution in [0.2, 0.25) is 5.02 Å². The molecule has 3 aromatic carbocycles. The molecule has 180 valence electrons. The second-order valence-electron chi connectivity index (χ2n) is 9.51. The molecule has 3 heterocycles. The Morgan fingerprint density at radius 1 is 0.889 bits per heavy atom. The largest absolute Gasteiger partial charge is 0.345 e. The second-order valence-corrected chi connectivity index (χ2v) is 9.91. The lowest BCUT2D eigenvalue weighted by Gasteiger charge is -2.33. The van der Waals surface area contributed by atoms with Crippen LogP contribution in [0.25, 0.3) is 27.8 Å². The minimum Gasteiger partial charge on any atom is -0.345 e. The van der Waals surface area contributed by atoms with Gasteiger partial charge in [0.15, 0.2) is 5.65 Å². The maximum absolute atomic E-state index is 6.51. The van der Waals surface area contributed by atoms with Crippen molar-refractivity contribution in [2.24, 2.45) is 0 Å². The van der Waals surface area contributed by atoms with E-state index in [-0.39, 0.29) is 0 Å². The van der Waals surface area contributed by atoms with Crippen molar-refractivity contribution in [3.05, 3.63) is 108 Å². The van der Waals surface area contributed by atoms with Gasteiger partial charge in [0.05, 0.1) is 31.6 Å². The molecule has 1 aliphatic rings. The first-order valence-corrected chi connectivity index (χ1v) is 12.9. The number of aryl methyl sites for hydroxylation is 1. The number of benzene rings is 3. The fourth-order valence-electron chi connectivity index (χ4n) is 5.15. The van der Waals surface area contributed by atoms with E-state index in [1.54, 1.807) is 11.2 Å². The van der Waals surface area contributed by atoms with E-state index in [2.05, 4.69) is 88.5 Å². The van der Waals surface area contributed by atoms with Crippen LogP contribution in [0.5, 0.6) is 0 Å². The lowest BCUT2D eigenvalue weighted by molar-refractivity contribution is -0.914. The van der Waals surface area contributed by atoms with Crippen LogP contribution in [0.1, 0.15) is 11.1 Å². The molecular weight excluding hydrogens is 466 g/mol. The lowest BCUT2D eigenvalue weighted by atomic mass is 10.1. The standard InChI is InChI=1S/C30H28ClN5/c1-22-12-13-25(18-27(22)31)36-20-26(24-10-6-3-7-11-24)28-29(32-21-33-30(28)36)35-16-14-34(15-17-35)19-23-8-4-2-5-9-23/h2-13,18,20-21H,14-17,19H2,1H3/p+1. The normalized spacial score (nSPS) is 14.4. The van der Waals surface area contributed by atoms with Gasteiger partial charge in [0.2, 0.25) is 0 Å². The van der Waals surface area contributed by atoms with E-state index in [1.165, 1.54) is 5.56 Å². The van der Waals surface area contributed by atoms with E-state index in [9.17, 15) is 0 Å². The summed E-state index contributed by atoms with van der Waals surface area (Å²) in [4.78, 5) is 13.6. The Labute approximate surface area is 216 Å². The van der Waals surface area contributed by atoms with E-state index in [4.69, 9.17) is 21.6 Å². The molecule has 0 bridgehead atoms. The quantitative estimate of drug-likeness (QED) is 0.375. The number of fused-ring (bicyclic) bond motifs is 1. The topological polar surface area (TPSA) is 38.4 Å². The molecule has 36 heavy (non-hydrogen) atoms. The second kappa shape index (κ2) is 9.76. The Balaban J connectivity index is 1.39. The highest BCUT2D eigenvalue weighted by Gasteiger charge is 2.26. The minimum absolute atomic E-state index is 0.752. The molecular formula is C30H29ClN5+. The summed E-state index contributed by atoms with van der Waals surface area (Å²) in [6.07, 6.45) is 3.87. The molecule has 0 aliphatic carbocycles. The molecule has 0 saturated carbocycles. The van der Waals surface area contributed by atoms with Gasteiger partial charge in [-0.15, -0.1) is 0 Å². The van der Waals surface area contributed by atoms with Crippen LogP contribution in [0, 0.1) is 6.92 Å². The third-order valence-corrected chi connectivity index (χ3v) is 7.56. The molecule has 5 aromatic rings. The van der Waals surface area contributed by atoms with Crippen molar-refractivity contribution >= 4 is 28.5 Å². The predicted octanol–water partition coefficient (Wildman–Crippen LogP) is 4.95. The third kappa shape index (κ3) is 4.36. The van der Waals surface area contributed by atoms with Crippen molar-refractivity contribution in [1.82, 2.24) is 14.5 Å². The minimum atomic E-state index is 0.752. The number of aromatic nitrogens is 3. The number of anilines is 1. The predicted molar refractivity (Wildman–Crippen MR) is 147 cm³/mol. The Morgan fingerprint density at radius 3 is 2.33 bits per heavy atom. The van der Waals surface area contributed by atoms with Crippen LogP contribution in [0.4, 0.5) is 5.82 Å². The fourth-order valence-corrected chi connectivity index (χ4v) is 5.32. The number of nitrogens with one attached hydrogen (secondary N) is 1. The van der Waals surface area contributed by atoms with Crippen LogP contribution in [0.3, 0.4) is 0 Å². The number of nitrogens with zero attached hydrogens (tertiary/aromatic N) is 4. The summed E-state index contributed by atoms with van der Waals surface area (Å²) >= 11 is 6.51. The highest BCUT2D eigenvalue weighted by molar-refractivity contribution is 6.31. The molecule has 1 saturated heterocycles. The highest BCUT2D eigenvalue weighted by Crippen LogP contribution is 2.37. The Kier molecular flexibility index (Phi) is 6.18. The van der Waals surface area contributed by atoms with Gasteiger partial charge in [-0.3, -0.25) is 0 Å². The van der Waals surface area contributed by atoms with E-state index < -0.39 is 0 Å². The van der Waals surface area contributed by atoms with Crippen LogP contribution in [-0.4, -0.2) is 40.7 Å². The molecule has 1 fully saturated rings.